The van der Waals surface area contributed by atoms with E-state index < -0.39 is 0 Å². The number of rotatable bonds is 2. The standard InChI is InChI=1S/C12H24N2O/c1-10-3-4-13-12(7-10)8-14-5-6-15-9-11(14)2/h10-13H,3-9H2,1-2H3. The zero-order chi connectivity index (χ0) is 10.7. The molecule has 0 aromatic heterocycles. The first kappa shape index (κ1) is 11.4. The molecule has 15 heavy (non-hydrogen) atoms. The number of nitrogens with zero attached hydrogens (tertiary/aromatic N) is 1. The van der Waals surface area contributed by atoms with Crippen LogP contribution in [0.1, 0.15) is 26.7 Å². The van der Waals surface area contributed by atoms with Gasteiger partial charge in [0.05, 0.1) is 13.2 Å². The molecule has 2 aliphatic rings. The third-order valence-corrected chi connectivity index (χ3v) is 3.72. The van der Waals surface area contributed by atoms with Gasteiger partial charge < -0.3 is 10.1 Å². The number of piperidine rings is 1. The zero-order valence-electron chi connectivity index (χ0n) is 10.0. The SMILES string of the molecule is CC1CCNC(CN2CCOCC2C)C1. The Morgan fingerprint density at radius 3 is 3.00 bits per heavy atom. The lowest BCUT2D eigenvalue weighted by atomic mass is 9.94. The minimum absolute atomic E-state index is 0.595. The van der Waals surface area contributed by atoms with Crippen LogP contribution in [0.15, 0.2) is 0 Å². The normalized spacial score (nSPS) is 39.2. The molecule has 0 aliphatic carbocycles. The number of ether oxygens (including phenoxy) is 1. The summed E-state index contributed by atoms with van der Waals surface area (Å²) in [6.45, 7) is 9.96. The Morgan fingerprint density at radius 1 is 1.40 bits per heavy atom. The summed E-state index contributed by atoms with van der Waals surface area (Å²) < 4.78 is 5.46. The molecule has 2 fully saturated rings. The Bertz CT molecular complexity index is 198. The maximum atomic E-state index is 5.46. The van der Waals surface area contributed by atoms with E-state index in [0.29, 0.717) is 12.1 Å². The number of hydrogen-bond donors (Lipinski definition) is 1. The van der Waals surface area contributed by atoms with Crippen LogP contribution in [0, 0.1) is 5.92 Å². The molecule has 0 saturated carbocycles. The summed E-state index contributed by atoms with van der Waals surface area (Å²) in [6, 6.07) is 1.30. The van der Waals surface area contributed by atoms with Crippen LogP contribution in [0.4, 0.5) is 0 Å². The van der Waals surface area contributed by atoms with Gasteiger partial charge >= 0.3 is 0 Å². The van der Waals surface area contributed by atoms with Gasteiger partial charge in [0.25, 0.3) is 0 Å². The summed E-state index contributed by atoms with van der Waals surface area (Å²) in [6.07, 6.45) is 2.68. The van der Waals surface area contributed by atoms with Gasteiger partial charge in [-0.3, -0.25) is 4.90 Å². The molecule has 2 heterocycles. The molecular weight excluding hydrogens is 188 g/mol. The molecule has 3 nitrogen and oxygen atoms in total. The van der Waals surface area contributed by atoms with Crippen LogP contribution in [0.3, 0.4) is 0 Å². The van der Waals surface area contributed by atoms with Crippen LogP contribution < -0.4 is 5.32 Å². The van der Waals surface area contributed by atoms with Gasteiger partial charge in [0.2, 0.25) is 0 Å². The number of nitrogens with one attached hydrogen (secondary N) is 1. The molecule has 0 spiro atoms. The van der Waals surface area contributed by atoms with Crippen LogP contribution in [-0.2, 0) is 4.74 Å². The first-order valence-corrected chi connectivity index (χ1v) is 6.31. The molecule has 3 heteroatoms. The minimum atomic E-state index is 0.595. The van der Waals surface area contributed by atoms with E-state index in [2.05, 4.69) is 24.1 Å². The molecule has 2 rings (SSSR count). The molecular formula is C12H24N2O. The van der Waals surface area contributed by atoms with Crippen LogP contribution in [0.2, 0.25) is 0 Å². The highest BCUT2D eigenvalue weighted by Gasteiger charge is 2.24. The Balaban J connectivity index is 1.79. The fourth-order valence-corrected chi connectivity index (χ4v) is 2.68. The van der Waals surface area contributed by atoms with E-state index >= 15 is 0 Å². The molecule has 0 aromatic carbocycles. The zero-order valence-corrected chi connectivity index (χ0v) is 10.0. The van der Waals surface area contributed by atoms with Crippen molar-refractivity contribution in [2.75, 3.05) is 32.8 Å². The molecule has 2 aliphatic heterocycles. The van der Waals surface area contributed by atoms with Crippen molar-refractivity contribution in [3.63, 3.8) is 0 Å². The van der Waals surface area contributed by atoms with E-state index in [9.17, 15) is 0 Å². The van der Waals surface area contributed by atoms with Crippen molar-refractivity contribution < 1.29 is 4.74 Å². The molecule has 1 N–H and O–H groups in total. The van der Waals surface area contributed by atoms with Crippen LogP contribution >= 0.6 is 0 Å². The van der Waals surface area contributed by atoms with Crippen molar-refractivity contribution in [1.82, 2.24) is 10.2 Å². The molecule has 2 saturated heterocycles. The summed E-state index contributed by atoms with van der Waals surface area (Å²) in [5.41, 5.74) is 0. The Hall–Kier alpha value is -0.120. The summed E-state index contributed by atoms with van der Waals surface area (Å²) in [5.74, 6) is 0.896. The van der Waals surface area contributed by atoms with Crippen LogP contribution in [0.5, 0.6) is 0 Å². The topological polar surface area (TPSA) is 24.5 Å². The molecule has 0 amide bonds. The third kappa shape index (κ3) is 3.16. The lowest BCUT2D eigenvalue weighted by Gasteiger charge is -2.38. The largest absolute Gasteiger partial charge is 0.379 e. The van der Waals surface area contributed by atoms with Crippen molar-refractivity contribution in [3.05, 3.63) is 0 Å². The second-order valence-corrected chi connectivity index (χ2v) is 5.20. The molecule has 3 atom stereocenters. The highest BCUT2D eigenvalue weighted by atomic mass is 16.5. The second kappa shape index (κ2) is 5.28. The quantitative estimate of drug-likeness (QED) is 0.742. The van der Waals surface area contributed by atoms with Gasteiger partial charge in [-0.2, -0.15) is 0 Å². The maximum absolute atomic E-state index is 5.46. The van der Waals surface area contributed by atoms with Gasteiger partial charge in [0, 0.05) is 25.2 Å². The first-order valence-electron chi connectivity index (χ1n) is 6.31. The average Bonchev–Trinajstić information content (AvgIpc) is 2.22. The minimum Gasteiger partial charge on any atom is -0.379 e. The maximum Gasteiger partial charge on any atom is 0.0619 e. The third-order valence-electron chi connectivity index (χ3n) is 3.72. The van der Waals surface area contributed by atoms with E-state index in [0.717, 1.165) is 25.7 Å². The smallest absolute Gasteiger partial charge is 0.0619 e. The molecule has 0 aromatic rings. The second-order valence-electron chi connectivity index (χ2n) is 5.20. The van der Waals surface area contributed by atoms with Gasteiger partial charge in [0.1, 0.15) is 0 Å². The lowest BCUT2D eigenvalue weighted by molar-refractivity contribution is -0.00648. The van der Waals surface area contributed by atoms with Crippen molar-refractivity contribution in [2.24, 2.45) is 5.92 Å². The average molecular weight is 212 g/mol. The van der Waals surface area contributed by atoms with E-state index in [4.69, 9.17) is 4.74 Å². The van der Waals surface area contributed by atoms with Gasteiger partial charge in [-0.1, -0.05) is 6.92 Å². The molecule has 3 unspecified atom stereocenters. The fourth-order valence-electron chi connectivity index (χ4n) is 2.68. The van der Waals surface area contributed by atoms with Crippen LogP contribution in [0.25, 0.3) is 0 Å². The summed E-state index contributed by atoms with van der Waals surface area (Å²) >= 11 is 0. The lowest BCUT2D eigenvalue weighted by Crippen LogP contribution is -2.51. The molecule has 0 radical (unpaired) electrons. The van der Waals surface area contributed by atoms with E-state index in [-0.39, 0.29) is 0 Å². The Morgan fingerprint density at radius 2 is 2.27 bits per heavy atom. The van der Waals surface area contributed by atoms with Gasteiger partial charge in [-0.15, -0.1) is 0 Å². The van der Waals surface area contributed by atoms with Crippen molar-refractivity contribution >= 4 is 0 Å². The predicted octanol–water partition coefficient (Wildman–Crippen LogP) is 1.10. The van der Waals surface area contributed by atoms with E-state index in [1.54, 1.807) is 0 Å². The first-order chi connectivity index (χ1) is 7.25. The van der Waals surface area contributed by atoms with Gasteiger partial charge in [0.15, 0.2) is 0 Å². The molecule has 0 bridgehead atoms. The monoisotopic (exact) mass is 212 g/mol. The van der Waals surface area contributed by atoms with Crippen LogP contribution in [-0.4, -0.2) is 49.8 Å². The van der Waals surface area contributed by atoms with Gasteiger partial charge in [-0.05, 0) is 32.2 Å². The summed E-state index contributed by atoms with van der Waals surface area (Å²) in [7, 11) is 0. The Labute approximate surface area is 93.2 Å². The summed E-state index contributed by atoms with van der Waals surface area (Å²) in [5, 5.41) is 3.63. The van der Waals surface area contributed by atoms with E-state index in [1.807, 2.05) is 0 Å². The Kier molecular flexibility index (Phi) is 4.00. The predicted molar refractivity (Wildman–Crippen MR) is 62.0 cm³/mol. The highest BCUT2D eigenvalue weighted by Crippen LogP contribution is 2.17. The number of hydrogen-bond acceptors (Lipinski definition) is 3. The van der Waals surface area contributed by atoms with Crippen molar-refractivity contribution in [3.8, 4) is 0 Å². The number of morpholine rings is 1. The van der Waals surface area contributed by atoms with Crippen molar-refractivity contribution in [2.45, 2.75) is 38.8 Å². The van der Waals surface area contributed by atoms with Gasteiger partial charge in [-0.25, -0.2) is 0 Å². The highest BCUT2D eigenvalue weighted by molar-refractivity contribution is 4.82. The molecule has 88 valence electrons. The fraction of sp³-hybridized carbons (Fsp3) is 1.00. The van der Waals surface area contributed by atoms with E-state index in [1.165, 1.54) is 25.9 Å². The summed E-state index contributed by atoms with van der Waals surface area (Å²) in [4.78, 5) is 2.57. The van der Waals surface area contributed by atoms with Crippen molar-refractivity contribution in [1.29, 1.82) is 0 Å².